The second-order valence-electron chi connectivity index (χ2n) is 4.73. The molecule has 0 aliphatic carbocycles. The summed E-state index contributed by atoms with van der Waals surface area (Å²) in [5.41, 5.74) is 7.56. The number of para-hydroxylation sites is 1. The first-order chi connectivity index (χ1) is 9.60. The van der Waals surface area contributed by atoms with Gasteiger partial charge >= 0.3 is 0 Å². The molecular weight excluding hydrogens is 246 g/mol. The number of rotatable bonds is 8. The molecule has 0 aliphatic rings. The molecule has 0 radical (unpaired) electrons. The van der Waals surface area contributed by atoms with E-state index in [-0.39, 0.29) is 5.75 Å². The summed E-state index contributed by atoms with van der Waals surface area (Å²) in [4.78, 5) is 0. The van der Waals surface area contributed by atoms with Gasteiger partial charge in [-0.15, -0.1) is 19.7 Å². The molecule has 1 rings (SSSR count). The van der Waals surface area contributed by atoms with Crippen LogP contribution in [0.2, 0.25) is 0 Å². The maximum Gasteiger partial charge on any atom is 0.120 e. The standard InChI is InChI=1S/C18H23NO/c1-4-7-11-15(10-5-2)18(19,14-6-3)16-12-8-9-13-17(16)20/h4-6,8-9,11-13,20H,1-3,7,10,14,19H2. The van der Waals surface area contributed by atoms with Crippen molar-refractivity contribution < 1.29 is 5.11 Å². The average molecular weight is 269 g/mol. The van der Waals surface area contributed by atoms with Crippen molar-refractivity contribution in [1.29, 1.82) is 0 Å². The van der Waals surface area contributed by atoms with Crippen LogP contribution < -0.4 is 5.73 Å². The molecular formula is C18H23NO. The van der Waals surface area contributed by atoms with Gasteiger partial charge in [0, 0.05) is 5.56 Å². The maximum absolute atomic E-state index is 10.1. The van der Waals surface area contributed by atoms with Crippen molar-refractivity contribution >= 4 is 0 Å². The lowest BCUT2D eigenvalue weighted by Gasteiger charge is -2.32. The highest BCUT2D eigenvalue weighted by molar-refractivity contribution is 5.45. The number of hydrogen-bond acceptors (Lipinski definition) is 2. The van der Waals surface area contributed by atoms with Crippen molar-refractivity contribution in [3.8, 4) is 5.75 Å². The summed E-state index contributed by atoms with van der Waals surface area (Å²) in [6, 6.07) is 7.16. The van der Waals surface area contributed by atoms with Crippen molar-refractivity contribution in [3.63, 3.8) is 0 Å². The molecule has 0 aliphatic heterocycles. The monoisotopic (exact) mass is 269 g/mol. The van der Waals surface area contributed by atoms with Gasteiger partial charge in [-0.1, -0.05) is 42.5 Å². The second kappa shape index (κ2) is 7.51. The van der Waals surface area contributed by atoms with E-state index in [1.54, 1.807) is 18.2 Å². The predicted octanol–water partition coefficient (Wildman–Crippen LogP) is 4.20. The fraction of sp³-hybridized carbons (Fsp3) is 0.222. The van der Waals surface area contributed by atoms with Crippen molar-refractivity contribution in [1.82, 2.24) is 0 Å². The summed E-state index contributed by atoms with van der Waals surface area (Å²) in [5, 5.41) is 10.1. The number of aromatic hydroxyl groups is 1. The molecule has 2 heteroatoms. The van der Waals surface area contributed by atoms with E-state index in [1.807, 2.05) is 30.4 Å². The van der Waals surface area contributed by atoms with Gasteiger partial charge in [-0.3, -0.25) is 0 Å². The Morgan fingerprint density at radius 3 is 2.40 bits per heavy atom. The van der Waals surface area contributed by atoms with Gasteiger partial charge in [0.15, 0.2) is 0 Å². The second-order valence-corrected chi connectivity index (χ2v) is 4.73. The third kappa shape index (κ3) is 3.49. The van der Waals surface area contributed by atoms with Crippen molar-refractivity contribution in [3.05, 3.63) is 79.4 Å². The molecule has 1 unspecified atom stereocenters. The highest BCUT2D eigenvalue weighted by Gasteiger charge is 2.31. The molecule has 1 atom stereocenters. The van der Waals surface area contributed by atoms with Crippen LogP contribution in [0.3, 0.4) is 0 Å². The van der Waals surface area contributed by atoms with E-state index in [9.17, 15) is 5.11 Å². The highest BCUT2D eigenvalue weighted by Crippen LogP contribution is 2.37. The Balaban J connectivity index is 3.37. The van der Waals surface area contributed by atoms with Gasteiger partial charge in [0.05, 0.1) is 5.54 Å². The molecule has 0 fully saturated rings. The highest BCUT2D eigenvalue weighted by atomic mass is 16.3. The van der Waals surface area contributed by atoms with E-state index >= 15 is 0 Å². The van der Waals surface area contributed by atoms with Crippen molar-refractivity contribution in [2.75, 3.05) is 0 Å². The Morgan fingerprint density at radius 2 is 1.85 bits per heavy atom. The van der Waals surface area contributed by atoms with Crippen LogP contribution in [0.4, 0.5) is 0 Å². The van der Waals surface area contributed by atoms with Crippen LogP contribution in [0.25, 0.3) is 0 Å². The minimum atomic E-state index is -0.774. The van der Waals surface area contributed by atoms with E-state index in [1.165, 1.54) is 0 Å². The summed E-state index contributed by atoms with van der Waals surface area (Å²) in [6.45, 7) is 11.3. The average Bonchev–Trinajstić information content (AvgIpc) is 2.44. The Kier molecular flexibility index (Phi) is 6.01. The van der Waals surface area contributed by atoms with Crippen LogP contribution in [-0.2, 0) is 5.54 Å². The van der Waals surface area contributed by atoms with E-state index in [4.69, 9.17) is 5.73 Å². The fourth-order valence-corrected chi connectivity index (χ4v) is 2.32. The van der Waals surface area contributed by atoms with Gasteiger partial charge in [0.25, 0.3) is 0 Å². The zero-order valence-corrected chi connectivity index (χ0v) is 11.9. The number of benzene rings is 1. The Labute approximate surface area is 121 Å². The lowest BCUT2D eigenvalue weighted by atomic mass is 9.78. The molecule has 0 saturated heterocycles. The van der Waals surface area contributed by atoms with Gasteiger partial charge < -0.3 is 10.8 Å². The van der Waals surface area contributed by atoms with Crippen LogP contribution >= 0.6 is 0 Å². The SMILES string of the molecule is C=CCC=C(CC=C)C(N)(CC=C)c1ccccc1O. The number of hydrogen-bond donors (Lipinski definition) is 2. The largest absolute Gasteiger partial charge is 0.508 e. The summed E-state index contributed by atoms with van der Waals surface area (Å²) < 4.78 is 0. The van der Waals surface area contributed by atoms with Gasteiger partial charge in [0.2, 0.25) is 0 Å². The van der Waals surface area contributed by atoms with Crippen LogP contribution in [-0.4, -0.2) is 5.11 Å². The molecule has 0 aromatic heterocycles. The first kappa shape index (κ1) is 16.0. The van der Waals surface area contributed by atoms with Gasteiger partial charge in [-0.2, -0.15) is 0 Å². The molecule has 0 saturated carbocycles. The zero-order valence-electron chi connectivity index (χ0n) is 11.9. The Hall–Kier alpha value is -2.06. The van der Waals surface area contributed by atoms with Crippen molar-refractivity contribution in [2.24, 2.45) is 5.73 Å². The molecule has 0 heterocycles. The number of allylic oxidation sites excluding steroid dienone is 3. The molecule has 20 heavy (non-hydrogen) atoms. The zero-order chi connectivity index (χ0) is 15.0. The molecule has 3 N–H and O–H groups in total. The third-order valence-corrected chi connectivity index (χ3v) is 3.32. The van der Waals surface area contributed by atoms with E-state index in [0.717, 1.165) is 12.0 Å². The van der Waals surface area contributed by atoms with Crippen LogP contribution in [0.5, 0.6) is 5.75 Å². The molecule has 2 nitrogen and oxygen atoms in total. The van der Waals surface area contributed by atoms with E-state index in [0.29, 0.717) is 18.4 Å². The van der Waals surface area contributed by atoms with Gasteiger partial charge in [-0.25, -0.2) is 0 Å². The van der Waals surface area contributed by atoms with Gasteiger partial charge in [-0.05, 0) is 30.9 Å². The summed E-state index contributed by atoms with van der Waals surface area (Å²) >= 11 is 0. The first-order valence-electron chi connectivity index (χ1n) is 6.69. The number of phenolic OH excluding ortho intramolecular Hbond substituents is 1. The lowest BCUT2D eigenvalue weighted by Crippen LogP contribution is -2.38. The lowest BCUT2D eigenvalue weighted by molar-refractivity contribution is 0.434. The topological polar surface area (TPSA) is 46.2 Å². The predicted molar refractivity (Wildman–Crippen MR) is 86.5 cm³/mol. The Morgan fingerprint density at radius 1 is 1.15 bits per heavy atom. The Bertz CT molecular complexity index is 516. The van der Waals surface area contributed by atoms with Crippen LogP contribution in [0.1, 0.15) is 24.8 Å². The quantitative estimate of drug-likeness (QED) is 0.695. The third-order valence-electron chi connectivity index (χ3n) is 3.32. The smallest absolute Gasteiger partial charge is 0.120 e. The van der Waals surface area contributed by atoms with Crippen molar-refractivity contribution in [2.45, 2.75) is 24.8 Å². The normalized spacial score (nSPS) is 14.3. The molecule has 0 spiro atoms. The molecule has 106 valence electrons. The summed E-state index contributed by atoms with van der Waals surface area (Å²) in [5.74, 6) is 0.199. The minimum Gasteiger partial charge on any atom is -0.508 e. The van der Waals surface area contributed by atoms with Crippen LogP contribution in [0.15, 0.2) is 73.9 Å². The summed E-state index contributed by atoms with van der Waals surface area (Å²) in [7, 11) is 0. The van der Waals surface area contributed by atoms with Crippen LogP contribution in [0, 0.1) is 0 Å². The van der Waals surface area contributed by atoms with E-state index < -0.39 is 5.54 Å². The maximum atomic E-state index is 10.1. The molecule has 1 aromatic carbocycles. The fourth-order valence-electron chi connectivity index (χ4n) is 2.32. The van der Waals surface area contributed by atoms with E-state index in [2.05, 4.69) is 19.7 Å². The summed E-state index contributed by atoms with van der Waals surface area (Å²) in [6.07, 6.45) is 9.39. The molecule has 1 aromatic rings. The first-order valence-corrected chi connectivity index (χ1v) is 6.69. The van der Waals surface area contributed by atoms with Gasteiger partial charge in [0.1, 0.15) is 5.75 Å². The molecule has 0 amide bonds. The molecule has 0 bridgehead atoms. The number of nitrogens with two attached hydrogens (primary N) is 1. The minimum absolute atomic E-state index is 0.199. The number of phenols is 1.